The minimum atomic E-state index is -0.405. The lowest BCUT2D eigenvalue weighted by Crippen LogP contribution is -2.10. The molecule has 0 saturated carbocycles. The van der Waals surface area contributed by atoms with E-state index in [-0.39, 0.29) is 0 Å². The van der Waals surface area contributed by atoms with Crippen LogP contribution in [0.4, 0.5) is 0 Å². The van der Waals surface area contributed by atoms with Crippen molar-refractivity contribution in [2.24, 2.45) is 0 Å². The number of rotatable bonds is 3. The van der Waals surface area contributed by atoms with E-state index in [0.717, 1.165) is 0 Å². The van der Waals surface area contributed by atoms with Gasteiger partial charge in [-0.25, -0.2) is 9.78 Å². The summed E-state index contributed by atoms with van der Waals surface area (Å²) in [5.41, 5.74) is 0.365. The first kappa shape index (κ1) is 9.45. The summed E-state index contributed by atoms with van der Waals surface area (Å²) in [6.45, 7) is 2.09. The summed E-state index contributed by atoms with van der Waals surface area (Å²) in [6.07, 6.45) is 4.64. The summed E-state index contributed by atoms with van der Waals surface area (Å²) >= 11 is 0. The number of aromatic nitrogens is 4. The zero-order valence-corrected chi connectivity index (χ0v) is 8.17. The highest BCUT2D eigenvalue weighted by molar-refractivity contribution is 5.87. The van der Waals surface area contributed by atoms with Gasteiger partial charge in [-0.15, -0.1) is 0 Å². The lowest BCUT2D eigenvalue weighted by Gasteiger charge is -2.03. The zero-order valence-electron chi connectivity index (χ0n) is 8.17. The van der Waals surface area contributed by atoms with Crippen molar-refractivity contribution < 1.29 is 9.53 Å². The number of aromatic amines is 1. The van der Waals surface area contributed by atoms with Crippen LogP contribution in [0, 0.1) is 0 Å². The van der Waals surface area contributed by atoms with Crippen LogP contribution in [0.3, 0.4) is 0 Å². The maximum atomic E-state index is 11.5. The topological polar surface area (TPSA) is 72.8 Å². The predicted octanol–water partition coefficient (Wildman–Crippen LogP) is 0.772. The van der Waals surface area contributed by atoms with Crippen LogP contribution in [-0.4, -0.2) is 32.3 Å². The van der Waals surface area contributed by atoms with Gasteiger partial charge in [0.25, 0.3) is 0 Å². The molecule has 1 N–H and O–H groups in total. The maximum absolute atomic E-state index is 11.5. The molecular weight excluding hydrogens is 196 g/mol. The van der Waals surface area contributed by atoms with Crippen molar-refractivity contribution in [1.82, 2.24) is 19.7 Å². The molecule has 0 radical (unpaired) electrons. The number of nitrogens with zero attached hydrogens (tertiary/aromatic N) is 3. The SMILES string of the molecule is CCOC(=O)c1cncn1-c1cc[nH]n1. The van der Waals surface area contributed by atoms with E-state index in [2.05, 4.69) is 15.2 Å². The summed E-state index contributed by atoms with van der Waals surface area (Å²) in [4.78, 5) is 15.4. The molecule has 0 aliphatic carbocycles. The molecule has 0 unspecified atom stereocenters. The first-order valence-electron chi connectivity index (χ1n) is 4.52. The fourth-order valence-corrected chi connectivity index (χ4v) is 1.22. The minimum absolute atomic E-state index is 0.338. The molecule has 0 fully saturated rings. The lowest BCUT2D eigenvalue weighted by atomic mass is 10.4. The molecule has 0 spiro atoms. The van der Waals surface area contributed by atoms with Crippen LogP contribution in [-0.2, 0) is 4.74 Å². The molecule has 15 heavy (non-hydrogen) atoms. The number of hydrogen-bond donors (Lipinski definition) is 1. The van der Waals surface area contributed by atoms with E-state index >= 15 is 0 Å². The van der Waals surface area contributed by atoms with Crippen molar-refractivity contribution in [3.8, 4) is 5.82 Å². The Balaban J connectivity index is 2.34. The van der Waals surface area contributed by atoms with Crippen LogP contribution in [0.25, 0.3) is 5.82 Å². The van der Waals surface area contributed by atoms with Crippen molar-refractivity contribution in [2.75, 3.05) is 6.61 Å². The van der Waals surface area contributed by atoms with Gasteiger partial charge in [0.2, 0.25) is 0 Å². The Bertz CT molecular complexity index is 446. The first-order chi connectivity index (χ1) is 7.33. The molecule has 0 bridgehead atoms. The Morgan fingerprint density at radius 2 is 2.53 bits per heavy atom. The molecule has 0 amide bonds. The van der Waals surface area contributed by atoms with Gasteiger partial charge in [-0.3, -0.25) is 9.67 Å². The predicted molar refractivity (Wildman–Crippen MR) is 51.7 cm³/mol. The molecule has 2 rings (SSSR count). The third kappa shape index (κ3) is 1.74. The minimum Gasteiger partial charge on any atom is -0.461 e. The monoisotopic (exact) mass is 206 g/mol. The molecule has 0 aliphatic heterocycles. The molecule has 2 aromatic rings. The van der Waals surface area contributed by atoms with E-state index in [1.54, 1.807) is 23.8 Å². The Hall–Kier alpha value is -2.11. The number of esters is 1. The maximum Gasteiger partial charge on any atom is 0.357 e. The molecule has 0 aliphatic rings. The van der Waals surface area contributed by atoms with Crippen LogP contribution in [0.2, 0.25) is 0 Å². The number of H-pyrrole nitrogens is 1. The molecule has 0 aromatic carbocycles. The van der Waals surface area contributed by atoms with Gasteiger partial charge in [-0.2, -0.15) is 5.10 Å². The summed E-state index contributed by atoms with van der Waals surface area (Å²) in [5, 5.41) is 6.62. The van der Waals surface area contributed by atoms with Crippen molar-refractivity contribution in [3.63, 3.8) is 0 Å². The highest BCUT2D eigenvalue weighted by atomic mass is 16.5. The number of carbonyl (C=O) groups is 1. The third-order valence-corrected chi connectivity index (χ3v) is 1.86. The Kier molecular flexibility index (Phi) is 2.49. The normalized spacial score (nSPS) is 10.2. The van der Waals surface area contributed by atoms with Crippen molar-refractivity contribution in [2.45, 2.75) is 6.92 Å². The van der Waals surface area contributed by atoms with Gasteiger partial charge in [-0.1, -0.05) is 0 Å². The van der Waals surface area contributed by atoms with Crippen LogP contribution in [0.5, 0.6) is 0 Å². The van der Waals surface area contributed by atoms with Gasteiger partial charge >= 0.3 is 5.97 Å². The molecule has 6 nitrogen and oxygen atoms in total. The summed E-state index contributed by atoms with van der Waals surface area (Å²) in [7, 11) is 0. The van der Waals surface area contributed by atoms with E-state index in [4.69, 9.17) is 4.74 Å². The molecule has 0 atom stereocenters. The van der Waals surface area contributed by atoms with Crippen LogP contribution in [0.1, 0.15) is 17.4 Å². The Labute approximate surface area is 85.9 Å². The zero-order chi connectivity index (χ0) is 10.7. The van der Waals surface area contributed by atoms with E-state index in [1.807, 2.05) is 0 Å². The standard InChI is InChI=1S/C9H10N4O2/c1-2-15-9(14)7-5-10-6-13(7)8-3-4-11-12-8/h3-6H,2H2,1H3,(H,11,12). The Morgan fingerprint density at radius 3 is 3.20 bits per heavy atom. The quantitative estimate of drug-likeness (QED) is 0.753. The van der Waals surface area contributed by atoms with E-state index < -0.39 is 5.97 Å². The number of carbonyl (C=O) groups excluding carboxylic acids is 1. The number of imidazole rings is 1. The van der Waals surface area contributed by atoms with Gasteiger partial charge in [0.05, 0.1) is 12.8 Å². The molecule has 6 heteroatoms. The second kappa shape index (κ2) is 3.95. The van der Waals surface area contributed by atoms with Gasteiger partial charge in [0.1, 0.15) is 6.33 Å². The average Bonchev–Trinajstić information content (AvgIpc) is 2.88. The fraction of sp³-hybridized carbons (Fsp3) is 0.222. The molecule has 2 aromatic heterocycles. The second-order valence-corrected chi connectivity index (χ2v) is 2.80. The second-order valence-electron chi connectivity index (χ2n) is 2.80. The van der Waals surface area contributed by atoms with Gasteiger partial charge in [0, 0.05) is 12.3 Å². The van der Waals surface area contributed by atoms with E-state index in [1.165, 1.54) is 12.5 Å². The van der Waals surface area contributed by atoms with Crippen LogP contribution >= 0.6 is 0 Å². The highest BCUT2D eigenvalue weighted by Gasteiger charge is 2.14. The van der Waals surface area contributed by atoms with Gasteiger partial charge in [-0.05, 0) is 6.92 Å². The first-order valence-corrected chi connectivity index (χ1v) is 4.52. The largest absolute Gasteiger partial charge is 0.461 e. The fourth-order valence-electron chi connectivity index (χ4n) is 1.22. The molecule has 0 saturated heterocycles. The number of ether oxygens (including phenoxy) is 1. The average molecular weight is 206 g/mol. The van der Waals surface area contributed by atoms with Crippen LogP contribution in [0.15, 0.2) is 24.8 Å². The lowest BCUT2D eigenvalue weighted by molar-refractivity contribution is 0.0517. The molecular formula is C9H10N4O2. The van der Waals surface area contributed by atoms with Crippen molar-refractivity contribution in [3.05, 3.63) is 30.5 Å². The third-order valence-electron chi connectivity index (χ3n) is 1.86. The smallest absolute Gasteiger partial charge is 0.357 e. The van der Waals surface area contributed by atoms with Crippen molar-refractivity contribution in [1.29, 1.82) is 0 Å². The number of hydrogen-bond acceptors (Lipinski definition) is 4. The van der Waals surface area contributed by atoms with E-state index in [0.29, 0.717) is 18.1 Å². The van der Waals surface area contributed by atoms with E-state index in [9.17, 15) is 4.79 Å². The summed E-state index contributed by atoms with van der Waals surface area (Å²) < 4.78 is 6.45. The van der Waals surface area contributed by atoms with Gasteiger partial charge in [0.15, 0.2) is 11.5 Å². The highest BCUT2D eigenvalue weighted by Crippen LogP contribution is 2.08. The summed E-state index contributed by atoms with van der Waals surface area (Å²) in [5.74, 6) is 0.202. The summed E-state index contributed by atoms with van der Waals surface area (Å²) in [6, 6.07) is 1.74. The molecule has 2 heterocycles. The molecule has 78 valence electrons. The number of nitrogens with one attached hydrogen (secondary N) is 1. The van der Waals surface area contributed by atoms with Crippen molar-refractivity contribution >= 4 is 5.97 Å². The van der Waals surface area contributed by atoms with Crippen LogP contribution < -0.4 is 0 Å². The van der Waals surface area contributed by atoms with Gasteiger partial charge < -0.3 is 4.74 Å². The Morgan fingerprint density at radius 1 is 1.67 bits per heavy atom.